The summed E-state index contributed by atoms with van der Waals surface area (Å²) in [4.78, 5) is 7.12. The third-order valence-corrected chi connectivity index (χ3v) is 3.24. The summed E-state index contributed by atoms with van der Waals surface area (Å²) in [6.45, 7) is 0. The Morgan fingerprint density at radius 2 is 1.65 bits per heavy atom. The van der Waals surface area contributed by atoms with Crippen molar-refractivity contribution in [3.8, 4) is 0 Å². The fourth-order valence-corrected chi connectivity index (χ4v) is 2.12. The topological polar surface area (TPSA) is 72.0 Å². The molecule has 1 aromatic heterocycles. The van der Waals surface area contributed by atoms with Crippen molar-refractivity contribution in [2.24, 2.45) is 0 Å². The fourth-order valence-electron chi connectivity index (χ4n) is 1.14. The van der Waals surface area contributed by atoms with E-state index in [1.54, 1.807) is 18.2 Å². The molecule has 1 N–H and O–H groups in total. The molecule has 0 saturated heterocycles. The second-order valence-electron chi connectivity index (χ2n) is 3.14. The maximum Gasteiger partial charge on any atom is 0.264 e. The minimum absolute atomic E-state index is 0.0907. The third kappa shape index (κ3) is 2.76. The molecule has 2 rings (SSSR count). The van der Waals surface area contributed by atoms with Gasteiger partial charge in [0.2, 0.25) is 5.95 Å². The molecule has 0 aliphatic carbocycles. The van der Waals surface area contributed by atoms with Gasteiger partial charge in [0.1, 0.15) is 0 Å². The van der Waals surface area contributed by atoms with E-state index in [9.17, 15) is 12.8 Å². The first kappa shape index (κ1) is 11.5. The Morgan fingerprint density at radius 1 is 1.06 bits per heavy atom. The monoisotopic (exact) mass is 253 g/mol. The molecule has 17 heavy (non-hydrogen) atoms. The fraction of sp³-hybridized carbons (Fsp3) is 0. The van der Waals surface area contributed by atoms with E-state index >= 15 is 0 Å². The van der Waals surface area contributed by atoms with Gasteiger partial charge in [0.25, 0.3) is 10.0 Å². The highest BCUT2D eigenvalue weighted by Crippen LogP contribution is 2.11. The zero-order chi connectivity index (χ0) is 12.3. The van der Waals surface area contributed by atoms with E-state index in [2.05, 4.69) is 14.7 Å². The molecule has 0 fully saturated rings. The number of nitrogens with zero attached hydrogens (tertiary/aromatic N) is 2. The van der Waals surface area contributed by atoms with Crippen LogP contribution in [0.4, 0.5) is 10.3 Å². The van der Waals surface area contributed by atoms with E-state index in [-0.39, 0.29) is 10.8 Å². The Balaban J connectivity index is 2.27. The summed E-state index contributed by atoms with van der Waals surface area (Å²) >= 11 is 0. The van der Waals surface area contributed by atoms with Crippen molar-refractivity contribution in [3.05, 3.63) is 48.5 Å². The molecule has 1 heterocycles. The van der Waals surface area contributed by atoms with Crippen LogP contribution in [0, 0.1) is 5.82 Å². The standard InChI is InChI=1S/C10H8FN3O2S/c11-8-6-12-10(13-7-8)14-17(15,16)9-4-2-1-3-5-9/h1-7H,(H,12,13,14). The lowest BCUT2D eigenvalue weighted by Crippen LogP contribution is -2.14. The Labute approximate surface area is 97.4 Å². The summed E-state index contributed by atoms with van der Waals surface area (Å²) in [5.74, 6) is -0.803. The molecule has 1 aromatic carbocycles. The van der Waals surface area contributed by atoms with Crippen molar-refractivity contribution >= 4 is 16.0 Å². The van der Waals surface area contributed by atoms with Crippen LogP contribution in [0.2, 0.25) is 0 Å². The molecule has 0 radical (unpaired) electrons. The molecule has 88 valence electrons. The second-order valence-corrected chi connectivity index (χ2v) is 4.83. The molecule has 2 aromatic rings. The average molecular weight is 253 g/mol. The van der Waals surface area contributed by atoms with Gasteiger partial charge >= 0.3 is 0 Å². The van der Waals surface area contributed by atoms with Crippen LogP contribution in [0.1, 0.15) is 0 Å². The highest BCUT2D eigenvalue weighted by Gasteiger charge is 2.14. The molecule has 0 amide bonds. The van der Waals surface area contributed by atoms with Crippen LogP contribution in [-0.2, 0) is 10.0 Å². The first-order chi connectivity index (χ1) is 8.08. The van der Waals surface area contributed by atoms with Crippen molar-refractivity contribution in [1.82, 2.24) is 9.97 Å². The van der Waals surface area contributed by atoms with E-state index in [4.69, 9.17) is 0 Å². The van der Waals surface area contributed by atoms with Gasteiger partial charge in [-0.15, -0.1) is 0 Å². The summed E-state index contributed by atoms with van der Waals surface area (Å²) in [6, 6.07) is 7.77. The van der Waals surface area contributed by atoms with Gasteiger partial charge in [-0.25, -0.2) is 27.5 Å². The Hall–Kier alpha value is -2.02. The highest BCUT2D eigenvalue weighted by atomic mass is 32.2. The van der Waals surface area contributed by atoms with Crippen molar-refractivity contribution in [3.63, 3.8) is 0 Å². The van der Waals surface area contributed by atoms with Crippen molar-refractivity contribution < 1.29 is 12.8 Å². The van der Waals surface area contributed by atoms with Crippen molar-refractivity contribution in [2.75, 3.05) is 4.72 Å². The molecule has 0 spiro atoms. The average Bonchev–Trinajstić information content (AvgIpc) is 2.33. The zero-order valence-corrected chi connectivity index (χ0v) is 9.36. The Morgan fingerprint density at radius 3 is 2.24 bits per heavy atom. The number of halogens is 1. The van der Waals surface area contributed by atoms with Gasteiger partial charge in [-0.2, -0.15) is 0 Å². The lowest BCUT2D eigenvalue weighted by atomic mass is 10.4. The Kier molecular flexibility index (Phi) is 3.01. The SMILES string of the molecule is O=S(=O)(Nc1ncc(F)cn1)c1ccccc1. The lowest BCUT2D eigenvalue weighted by molar-refractivity contribution is 0.599. The summed E-state index contributed by atoms with van der Waals surface area (Å²) in [7, 11) is -3.72. The molecule has 0 aliphatic rings. The van der Waals surface area contributed by atoms with Crippen LogP contribution in [0.25, 0.3) is 0 Å². The van der Waals surface area contributed by atoms with Gasteiger partial charge in [-0.3, -0.25) is 0 Å². The maximum atomic E-state index is 12.5. The molecular formula is C10H8FN3O2S. The molecule has 0 bridgehead atoms. The van der Waals surface area contributed by atoms with Crippen LogP contribution in [0.15, 0.2) is 47.6 Å². The van der Waals surface area contributed by atoms with Crippen molar-refractivity contribution in [1.29, 1.82) is 0 Å². The van der Waals surface area contributed by atoms with Gasteiger partial charge in [-0.1, -0.05) is 18.2 Å². The minimum Gasteiger partial charge on any atom is -0.247 e. The number of aromatic nitrogens is 2. The first-order valence-corrected chi connectivity index (χ1v) is 6.12. The van der Waals surface area contributed by atoms with Crippen LogP contribution in [-0.4, -0.2) is 18.4 Å². The quantitative estimate of drug-likeness (QED) is 0.897. The molecule has 0 unspecified atom stereocenters. The van der Waals surface area contributed by atoms with E-state index in [0.717, 1.165) is 12.4 Å². The van der Waals surface area contributed by atoms with Gasteiger partial charge in [0.15, 0.2) is 5.82 Å². The molecular weight excluding hydrogens is 245 g/mol. The molecule has 0 atom stereocenters. The molecule has 0 saturated carbocycles. The third-order valence-electron chi connectivity index (χ3n) is 1.90. The summed E-state index contributed by atoms with van der Waals surface area (Å²) in [6.07, 6.45) is 1.77. The number of hydrogen-bond acceptors (Lipinski definition) is 4. The van der Waals surface area contributed by atoms with Gasteiger partial charge in [-0.05, 0) is 12.1 Å². The van der Waals surface area contributed by atoms with E-state index in [1.807, 2.05) is 0 Å². The smallest absolute Gasteiger partial charge is 0.247 e. The molecule has 7 heteroatoms. The van der Waals surface area contributed by atoms with Gasteiger partial charge in [0.05, 0.1) is 17.3 Å². The normalized spacial score (nSPS) is 11.1. The predicted molar refractivity (Wildman–Crippen MR) is 59.2 cm³/mol. The zero-order valence-electron chi connectivity index (χ0n) is 8.54. The summed E-state index contributed by atoms with van der Waals surface area (Å²) < 4.78 is 38.3. The second kappa shape index (κ2) is 4.46. The first-order valence-electron chi connectivity index (χ1n) is 4.63. The van der Waals surface area contributed by atoms with Crippen LogP contribution < -0.4 is 4.72 Å². The Bertz CT molecular complexity index is 599. The summed E-state index contributed by atoms with van der Waals surface area (Å²) in [5, 5.41) is 0. The summed E-state index contributed by atoms with van der Waals surface area (Å²) in [5.41, 5.74) is 0. The highest BCUT2D eigenvalue weighted by molar-refractivity contribution is 7.92. The minimum atomic E-state index is -3.72. The van der Waals surface area contributed by atoms with E-state index < -0.39 is 15.8 Å². The number of nitrogens with one attached hydrogen (secondary N) is 1. The van der Waals surface area contributed by atoms with Crippen LogP contribution in [0.3, 0.4) is 0 Å². The number of rotatable bonds is 3. The van der Waals surface area contributed by atoms with Crippen molar-refractivity contribution in [2.45, 2.75) is 4.90 Å². The maximum absolute atomic E-state index is 12.5. The van der Waals surface area contributed by atoms with E-state index in [1.165, 1.54) is 12.1 Å². The van der Waals surface area contributed by atoms with Crippen LogP contribution >= 0.6 is 0 Å². The van der Waals surface area contributed by atoms with E-state index in [0.29, 0.717) is 0 Å². The number of benzene rings is 1. The number of anilines is 1. The van der Waals surface area contributed by atoms with Gasteiger partial charge < -0.3 is 0 Å². The van der Waals surface area contributed by atoms with Gasteiger partial charge in [0, 0.05) is 0 Å². The largest absolute Gasteiger partial charge is 0.264 e. The van der Waals surface area contributed by atoms with Crippen LogP contribution in [0.5, 0.6) is 0 Å². The predicted octanol–water partition coefficient (Wildman–Crippen LogP) is 1.42. The number of hydrogen-bond donors (Lipinski definition) is 1. The number of sulfonamides is 1. The molecule has 0 aliphatic heterocycles. The lowest BCUT2D eigenvalue weighted by Gasteiger charge is -2.05. The molecule has 5 nitrogen and oxygen atoms in total.